The van der Waals surface area contributed by atoms with Crippen LogP contribution in [0.3, 0.4) is 0 Å². The predicted octanol–water partition coefficient (Wildman–Crippen LogP) is 3.74. The maximum atomic E-state index is 13.4. The van der Waals surface area contributed by atoms with Crippen molar-refractivity contribution in [3.05, 3.63) is 47.2 Å². The van der Waals surface area contributed by atoms with E-state index in [1.165, 1.54) is 30.9 Å². The van der Waals surface area contributed by atoms with Crippen molar-refractivity contribution in [2.75, 3.05) is 14.2 Å². The second kappa shape index (κ2) is 8.12. The summed E-state index contributed by atoms with van der Waals surface area (Å²) in [5.41, 5.74) is 4.50. The fraction of sp³-hybridized carbons (Fsp3) is 0.391. The van der Waals surface area contributed by atoms with Crippen molar-refractivity contribution in [3.8, 4) is 11.5 Å². The largest absolute Gasteiger partial charge is 0.493 e. The lowest BCUT2D eigenvalue weighted by molar-refractivity contribution is -0.132. The van der Waals surface area contributed by atoms with Gasteiger partial charge in [-0.3, -0.25) is 14.4 Å². The van der Waals surface area contributed by atoms with Crippen LogP contribution in [0.2, 0.25) is 0 Å². The highest BCUT2D eigenvalue weighted by atomic mass is 32.2. The summed E-state index contributed by atoms with van der Waals surface area (Å²) >= 11 is 1.18. The van der Waals surface area contributed by atoms with Crippen LogP contribution in [-0.2, 0) is 4.79 Å². The van der Waals surface area contributed by atoms with E-state index in [1.807, 2.05) is 32.9 Å². The number of allylic oxidation sites excluding steroid dienone is 4. The summed E-state index contributed by atoms with van der Waals surface area (Å²) in [5.74, 6) is 0.0956. The van der Waals surface area contributed by atoms with Crippen LogP contribution in [-0.4, -0.2) is 47.1 Å². The average Bonchev–Trinajstić information content (AvgIpc) is 2.98. The van der Waals surface area contributed by atoms with Crippen molar-refractivity contribution in [1.29, 1.82) is 0 Å². The number of ether oxygens (including phenoxy) is 2. The molecule has 9 heteroatoms. The molecule has 168 valence electrons. The van der Waals surface area contributed by atoms with Crippen molar-refractivity contribution < 1.29 is 23.9 Å². The summed E-state index contributed by atoms with van der Waals surface area (Å²) in [7, 11) is 3.02. The number of hydrazone groups is 1. The van der Waals surface area contributed by atoms with E-state index in [4.69, 9.17) is 9.47 Å². The van der Waals surface area contributed by atoms with Gasteiger partial charge in [-0.15, -0.1) is 0 Å². The highest BCUT2D eigenvalue weighted by Gasteiger charge is 2.54. The lowest BCUT2D eigenvalue weighted by Gasteiger charge is -2.29. The average molecular weight is 456 g/mol. The van der Waals surface area contributed by atoms with Crippen molar-refractivity contribution in [3.63, 3.8) is 0 Å². The number of amides is 3. The Labute approximate surface area is 190 Å². The topological polar surface area (TPSA) is 97.3 Å². The molecule has 0 spiro atoms. The quantitative estimate of drug-likeness (QED) is 0.695. The Morgan fingerprint density at radius 2 is 1.91 bits per heavy atom. The van der Waals surface area contributed by atoms with E-state index in [2.05, 4.69) is 10.5 Å². The van der Waals surface area contributed by atoms with Crippen LogP contribution >= 0.6 is 11.8 Å². The molecule has 1 N–H and O–H groups in total. The Bertz CT molecular complexity index is 1100. The number of methoxy groups -OCH3 is 2. The van der Waals surface area contributed by atoms with E-state index in [0.29, 0.717) is 29.2 Å². The molecule has 1 aliphatic carbocycles. The van der Waals surface area contributed by atoms with Crippen LogP contribution in [0.5, 0.6) is 11.5 Å². The summed E-state index contributed by atoms with van der Waals surface area (Å²) in [6.07, 6.45) is 4.27. The second-order valence-corrected chi connectivity index (χ2v) is 9.75. The molecule has 1 fully saturated rings. The lowest BCUT2D eigenvalue weighted by atomic mass is 9.74. The zero-order valence-electron chi connectivity index (χ0n) is 18.6. The molecule has 0 bridgehead atoms. The maximum absolute atomic E-state index is 13.4. The lowest BCUT2D eigenvalue weighted by Crippen LogP contribution is -2.35. The van der Waals surface area contributed by atoms with Gasteiger partial charge in [-0.1, -0.05) is 31.7 Å². The third kappa shape index (κ3) is 3.50. The van der Waals surface area contributed by atoms with E-state index >= 15 is 0 Å². The molecule has 1 aromatic carbocycles. The Morgan fingerprint density at radius 1 is 1.19 bits per heavy atom. The zero-order chi connectivity index (χ0) is 23.2. The number of hydrogen-bond acceptors (Lipinski definition) is 7. The first kappa shape index (κ1) is 22.1. The summed E-state index contributed by atoms with van der Waals surface area (Å²) in [4.78, 5) is 39.6. The molecule has 3 amide bonds. The first-order chi connectivity index (χ1) is 15.2. The number of nitrogens with one attached hydrogen (secondary N) is 1. The maximum Gasteiger partial charge on any atom is 0.299 e. The Kier molecular flexibility index (Phi) is 5.62. The molecule has 2 unspecified atom stereocenters. The van der Waals surface area contributed by atoms with Gasteiger partial charge in [0.2, 0.25) is 5.91 Å². The summed E-state index contributed by atoms with van der Waals surface area (Å²) in [6.45, 7) is 5.66. The third-order valence-electron chi connectivity index (χ3n) is 6.22. The fourth-order valence-corrected chi connectivity index (χ4v) is 5.11. The van der Waals surface area contributed by atoms with E-state index in [1.54, 1.807) is 18.2 Å². The van der Waals surface area contributed by atoms with E-state index < -0.39 is 11.3 Å². The molecule has 2 heterocycles. The minimum absolute atomic E-state index is 0.0883. The molecular formula is C23H25N3O5S. The fourth-order valence-electron chi connectivity index (χ4n) is 4.37. The summed E-state index contributed by atoms with van der Waals surface area (Å²) < 4.78 is 10.6. The molecule has 0 aromatic heterocycles. The number of rotatable bonds is 4. The normalized spacial score (nSPS) is 24.2. The molecule has 2 aliphatic heterocycles. The van der Waals surface area contributed by atoms with E-state index in [9.17, 15) is 14.4 Å². The molecule has 3 aliphatic rings. The number of thioether (sulfide) groups is 1. The second-order valence-electron chi connectivity index (χ2n) is 8.43. The van der Waals surface area contributed by atoms with Gasteiger partial charge in [0, 0.05) is 17.2 Å². The molecule has 8 nitrogen and oxygen atoms in total. The van der Waals surface area contributed by atoms with E-state index in [-0.39, 0.29) is 22.3 Å². The van der Waals surface area contributed by atoms with Gasteiger partial charge in [-0.2, -0.15) is 5.10 Å². The standard InChI is InChI=1S/C23H25N3O5S/c1-12-19(24-25-22(29)32-12)13-6-8-16-15(10-13)23(2,3)21(28)26(16)20(27)14-7-9-17(30-4)18(11-14)31-5/h6-9,11-12,15H,10H2,1-5H3,(H,25,29). The summed E-state index contributed by atoms with van der Waals surface area (Å²) in [5, 5.41) is 3.97. The van der Waals surface area contributed by atoms with Crippen LogP contribution in [0.15, 0.2) is 46.7 Å². The highest BCUT2D eigenvalue weighted by molar-refractivity contribution is 8.14. The van der Waals surface area contributed by atoms with E-state index in [0.717, 1.165) is 11.3 Å². The van der Waals surface area contributed by atoms with Gasteiger partial charge in [0.25, 0.3) is 11.1 Å². The number of carbonyl (C=O) groups is 3. The Balaban J connectivity index is 1.71. The number of benzene rings is 1. The number of carbonyl (C=O) groups excluding carboxylic acids is 3. The molecule has 32 heavy (non-hydrogen) atoms. The minimum atomic E-state index is -0.771. The van der Waals surface area contributed by atoms with Gasteiger partial charge in [0.05, 0.1) is 30.6 Å². The van der Waals surface area contributed by atoms with Crippen LogP contribution < -0.4 is 14.9 Å². The smallest absolute Gasteiger partial charge is 0.299 e. The molecule has 4 rings (SSSR count). The first-order valence-corrected chi connectivity index (χ1v) is 11.1. The molecular weight excluding hydrogens is 430 g/mol. The first-order valence-electron chi connectivity index (χ1n) is 10.2. The highest BCUT2D eigenvalue weighted by Crippen LogP contribution is 2.49. The molecule has 0 saturated carbocycles. The van der Waals surface area contributed by atoms with Crippen molar-refractivity contribution >= 4 is 34.5 Å². The predicted molar refractivity (Wildman–Crippen MR) is 122 cm³/mol. The Morgan fingerprint density at radius 3 is 2.56 bits per heavy atom. The van der Waals surface area contributed by atoms with Gasteiger partial charge in [0.15, 0.2) is 11.5 Å². The van der Waals surface area contributed by atoms with Gasteiger partial charge < -0.3 is 9.47 Å². The molecule has 1 aromatic rings. The zero-order valence-corrected chi connectivity index (χ0v) is 19.4. The number of likely N-dealkylation sites (tertiary alicyclic amines) is 1. The molecule has 2 atom stereocenters. The van der Waals surface area contributed by atoms with Gasteiger partial charge in [-0.05, 0) is 43.2 Å². The molecule has 0 radical (unpaired) electrons. The van der Waals surface area contributed by atoms with Gasteiger partial charge >= 0.3 is 0 Å². The van der Waals surface area contributed by atoms with Crippen LogP contribution in [0, 0.1) is 11.3 Å². The van der Waals surface area contributed by atoms with Crippen molar-refractivity contribution in [1.82, 2.24) is 10.3 Å². The molecule has 1 saturated heterocycles. The summed E-state index contributed by atoms with van der Waals surface area (Å²) in [6, 6.07) is 4.86. The Hall–Kier alpha value is -3.07. The van der Waals surface area contributed by atoms with Crippen LogP contribution in [0.4, 0.5) is 4.79 Å². The number of hydrogen-bond donors (Lipinski definition) is 1. The van der Waals surface area contributed by atoms with Crippen molar-refractivity contribution in [2.45, 2.75) is 32.4 Å². The van der Waals surface area contributed by atoms with Gasteiger partial charge in [0.1, 0.15) is 0 Å². The van der Waals surface area contributed by atoms with Crippen molar-refractivity contribution in [2.24, 2.45) is 16.4 Å². The minimum Gasteiger partial charge on any atom is -0.493 e. The number of nitrogens with zero attached hydrogens (tertiary/aromatic N) is 2. The number of fused-ring (bicyclic) bond motifs is 1. The SMILES string of the molecule is COc1ccc(C(=O)N2C(=O)C(C)(C)C3CC(C4=NNC(=O)SC4C)=CC=C32)cc1OC. The monoisotopic (exact) mass is 455 g/mol. The van der Waals surface area contributed by atoms with Crippen LogP contribution in [0.1, 0.15) is 37.6 Å². The van der Waals surface area contributed by atoms with Crippen LogP contribution in [0.25, 0.3) is 0 Å². The third-order valence-corrected chi connectivity index (χ3v) is 7.10. The number of imide groups is 1. The van der Waals surface area contributed by atoms with Gasteiger partial charge in [-0.25, -0.2) is 10.3 Å².